The van der Waals surface area contributed by atoms with Crippen molar-refractivity contribution < 1.29 is 14.3 Å². The van der Waals surface area contributed by atoms with Gasteiger partial charge < -0.3 is 20.1 Å². The zero-order valence-corrected chi connectivity index (χ0v) is 18.0. The van der Waals surface area contributed by atoms with Crippen molar-refractivity contribution >= 4 is 28.3 Å². The molecule has 7 heteroatoms. The summed E-state index contributed by atoms with van der Waals surface area (Å²) in [6, 6.07) is 9.57. The number of carbonyl (C=O) groups excluding carboxylic acids is 1. The van der Waals surface area contributed by atoms with Gasteiger partial charge in [0.25, 0.3) is 0 Å². The molecular weight excluding hydrogens is 404 g/mol. The first kappa shape index (κ1) is 20.3. The summed E-state index contributed by atoms with van der Waals surface area (Å²) in [4.78, 5) is 21.2. The Hall–Kier alpha value is -3.63. The first-order valence-electron chi connectivity index (χ1n) is 10.7. The number of pyridine rings is 2. The van der Waals surface area contributed by atoms with Crippen molar-refractivity contribution in [3.8, 4) is 17.6 Å². The molecule has 0 radical (unpaired) electrons. The molecule has 3 aromatic rings. The van der Waals surface area contributed by atoms with Crippen LogP contribution in [-0.2, 0) is 9.53 Å². The Morgan fingerprint density at radius 1 is 1.12 bits per heavy atom. The average molecular weight is 428 g/mol. The van der Waals surface area contributed by atoms with E-state index in [0.717, 1.165) is 34.1 Å². The van der Waals surface area contributed by atoms with Gasteiger partial charge in [0.1, 0.15) is 23.5 Å². The molecule has 2 atom stereocenters. The van der Waals surface area contributed by atoms with Gasteiger partial charge in [-0.2, -0.15) is 0 Å². The van der Waals surface area contributed by atoms with Gasteiger partial charge >= 0.3 is 0 Å². The molecule has 1 aromatic carbocycles. The summed E-state index contributed by atoms with van der Waals surface area (Å²) in [5.74, 6) is 9.02. The normalized spacial score (nSPS) is 19.4. The van der Waals surface area contributed by atoms with Crippen molar-refractivity contribution in [1.82, 2.24) is 9.97 Å². The number of hydrogen-bond donors (Lipinski definition) is 2. The van der Waals surface area contributed by atoms with Gasteiger partial charge in [-0.25, -0.2) is 9.97 Å². The molecule has 0 unspecified atom stereocenters. The molecule has 0 bridgehead atoms. The van der Waals surface area contributed by atoms with E-state index in [4.69, 9.17) is 9.47 Å². The summed E-state index contributed by atoms with van der Waals surface area (Å²) in [7, 11) is 1.82. The number of nitrogens with one attached hydrogen (secondary N) is 2. The monoisotopic (exact) mass is 428 g/mol. The summed E-state index contributed by atoms with van der Waals surface area (Å²) >= 11 is 0. The van der Waals surface area contributed by atoms with Crippen LogP contribution in [-0.4, -0.2) is 42.2 Å². The quantitative estimate of drug-likeness (QED) is 0.606. The Bertz CT molecular complexity index is 1230. The Kier molecular flexibility index (Phi) is 5.38. The molecule has 2 aliphatic rings. The van der Waals surface area contributed by atoms with Gasteiger partial charge in [0.05, 0.1) is 18.8 Å². The third-order valence-corrected chi connectivity index (χ3v) is 5.81. The van der Waals surface area contributed by atoms with Crippen molar-refractivity contribution in [3.63, 3.8) is 0 Å². The number of hydrogen-bond acceptors (Lipinski definition) is 6. The van der Waals surface area contributed by atoms with E-state index in [2.05, 4.69) is 39.4 Å². The first-order chi connectivity index (χ1) is 15.6. The minimum atomic E-state index is 0.0238. The number of nitrogens with zero attached hydrogens (tertiary/aromatic N) is 2. The summed E-state index contributed by atoms with van der Waals surface area (Å²) < 4.78 is 10.9. The molecule has 5 rings (SSSR count). The fourth-order valence-corrected chi connectivity index (χ4v) is 3.64. The zero-order chi connectivity index (χ0) is 22.1. The largest absolute Gasteiger partial charge is 0.486 e. The number of benzene rings is 1. The molecular formula is C25H24N4O3. The maximum atomic E-state index is 12.3. The highest BCUT2D eigenvalue weighted by molar-refractivity contribution is 5.99. The van der Waals surface area contributed by atoms with E-state index in [9.17, 15) is 4.79 Å². The van der Waals surface area contributed by atoms with E-state index in [-0.39, 0.29) is 17.9 Å². The van der Waals surface area contributed by atoms with Crippen molar-refractivity contribution in [3.05, 3.63) is 53.9 Å². The average Bonchev–Trinajstić information content (AvgIpc) is 3.52. The fourth-order valence-electron chi connectivity index (χ4n) is 3.64. The van der Waals surface area contributed by atoms with Crippen LogP contribution in [0.2, 0.25) is 0 Å². The lowest BCUT2D eigenvalue weighted by atomic mass is 10.1. The van der Waals surface area contributed by atoms with E-state index in [1.54, 1.807) is 12.4 Å². The molecule has 7 nitrogen and oxygen atoms in total. The van der Waals surface area contributed by atoms with Gasteiger partial charge in [0.15, 0.2) is 0 Å². The van der Waals surface area contributed by atoms with Crippen LogP contribution in [0.25, 0.3) is 10.8 Å². The molecule has 2 aromatic heterocycles. The van der Waals surface area contributed by atoms with Crippen molar-refractivity contribution in [1.29, 1.82) is 0 Å². The van der Waals surface area contributed by atoms with Crippen LogP contribution in [0, 0.1) is 23.7 Å². The number of fused-ring (bicyclic) bond motifs is 1. The second-order valence-corrected chi connectivity index (χ2v) is 8.25. The number of anilines is 2. The minimum Gasteiger partial charge on any atom is -0.486 e. The van der Waals surface area contributed by atoms with Gasteiger partial charge in [-0.15, -0.1) is 0 Å². The van der Waals surface area contributed by atoms with Gasteiger partial charge in [0, 0.05) is 41.7 Å². The van der Waals surface area contributed by atoms with Crippen molar-refractivity contribution in [2.75, 3.05) is 30.9 Å². The smallest absolute Gasteiger partial charge is 0.228 e. The minimum absolute atomic E-state index is 0.0238. The third-order valence-electron chi connectivity index (χ3n) is 5.81. The standard InChI is InChI=1S/C25H24N4O3/c1-15-9-20(15)25(30)29-23-10-21-17(11-28-24(26-2)22(21)12-27-23)6-3-16-4-7-18(8-5-16)32-19-13-31-14-19/h4-5,7-8,10-12,15,19-20H,9,13-14H2,1-2H3,(H,26,28)(H,27,29,30)/t15-,20+/m1/s1. The van der Waals surface area contributed by atoms with Gasteiger partial charge in [0.2, 0.25) is 5.91 Å². The maximum Gasteiger partial charge on any atom is 0.228 e. The molecule has 1 saturated heterocycles. The molecule has 1 saturated carbocycles. The lowest BCUT2D eigenvalue weighted by Gasteiger charge is -2.26. The number of carbonyl (C=O) groups is 1. The Labute approximate surface area is 186 Å². The van der Waals surface area contributed by atoms with Crippen LogP contribution in [0.4, 0.5) is 11.6 Å². The predicted molar refractivity (Wildman–Crippen MR) is 123 cm³/mol. The van der Waals surface area contributed by atoms with Gasteiger partial charge in [-0.05, 0) is 42.7 Å². The van der Waals surface area contributed by atoms with Crippen LogP contribution in [0.15, 0.2) is 42.7 Å². The zero-order valence-electron chi connectivity index (χ0n) is 18.0. The summed E-state index contributed by atoms with van der Waals surface area (Å²) in [5.41, 5.74) is 1.64. The lowest BCUT2D eigenvalue weighted by Crippen LogP contribution is -2.38. The van der Waals surface area contributed by atoms with E-state index < -0.39 is 0 Å². The highest BCUT2D eigenvalue weighted by Gasteiger charge is 2.39. The van der Waals surface area contributed by atoms with E-state index in [0.29, 0.717) is 30.8 Å². The Morgan fingerprint density at radius 3 is 2.56 bits per heavy atom. The Balaban J connectivity index is 1.41. The summed E-state index contributed by atoms with van der Waals surface area (Å²) in [5, 5.41) is 7.76. The van der Waals surface area contributed by atoms with Gasteiger partial charge in [-0.3, -0.25) is 4.79 Å². The third kappa shape index (κ3) is 4.23. The van der Waals surface area contributed by atoms with Crippen LogP contribution >= 0.6 is 0 Å². The fraction of sp³-hybridized carbons (Fsp3) is 0.320. The van der Waals surface area contributed by atoms with Crippen molar-refractivity contribution in [2.45, 2.75) is 19.4 Å². The van der Waals surface area contributed by atoms with E-state index in [1.165, 1.54) is 0 Å². The van der Waals surface area contributed by atoms with Crippen LogP contribution in [0.3, 0.4) is 0 Å². The second kappa shape index (κ2) is 8.48. The lowest BCUT2D eigenvalue weighted by molar-refractivity contribution is -0.117. The van der Waals surface area contributed by atoms with Crippen LogP contribution in [0.5, 0.6) is 5.75 Å². The summed E-state index contributed by atoms with van der Waals surface area (Å²) in [6.45, 7) is 3.36. The highest BCUT2D eigenvalue weighted by Crippen LogP contribution is 2.38. The van der Waals surface area contributed by atoms with Crippen molar-refractivity contribution in [2.24, 2.45) is 11.8 Å². The molecule has 2 N–H and O–H groups in total. The number of rotatable bonds is 5. The Morgan fingerprint density at radius 2 is 1.91 bits per heavy atom. The van der Waals surface area contributed by atoms with E-state index >= 15 is 0 Å². The molecule has 0 spiro atoms. The first-order valence-corrected chi connectivity index (χ1v) is 10.7. The molecule has 162 valence electrons. The van der Waals surface area contributed by atoms with E-state index in [1.807, 2.05) is 37.4 Å². The van der Waals surface area contributed by atoms with Gasteiger partial charge in [-0.1, -0.05) is 18.8 Å². The summed E-state index contributed by atoms with van der Waals surface area (Å²) in [6.07, 6.45) is 4.54. The van der Waals surface area contributed by atoms with Crippen LogP contribution in [0.1, 0.15) is 24.5 Å². The molecule has 1 aliphatic carbocycles. The molecule has 32 heavy (non-hydrogen) atoms. The highest BCUT2D eigenvalue weighted by atomic mass is 16.6. The number of ether oxygens (including phenoxy) is 2. The molecule has 2 fully saturated rings. The van der Waals surface area contributed by atoms with Crippen LogP contribution < -0.4 is 15.4 Å². The molecule has 1 amide bonds. The number of aromatic nitrogens is 2. The maximum absolute atomic E-state index is 12.3. The number of amides is 1. The molecule has 1 aliphatic heterocycles. The SMILES string of the molecule is CNc1ncc(C#Cc2ccc(OC3COC3)cc2)c2cc(NC(=O)[C@H]3C[C@H]3C)ncc12. The second-order valence-electron chi connectivity index (χ2n) is 8.25. The molecule has 3 heterocycles. The predicted octanol–water partition coefficient (Wildman–Crippen LogP) is 3.44. The topological polar surface area (TPSA) is 85.4 Å².